The van der Waals surface area contributed by atoms with E-state index in [-0.39, 0.29) is 12.4 Å². The molecule has 1 aromatic carbocycles. The summed E-state index contributed by atoms with van der Waals surface area (Å²) in [4.78, 5) is 0. The van der Waals surface area contributed by atoms with E-state index in [1.165, 1.54) is 37.3 Å². The van der Waals surface area contributed by atoms with Gasteiger partial charge < -0.3 is 4.74 Å². The summed E-state index contributed by atoms with van der Waals surface area (Å²) in [6.45, 7) is 4.19. The van der Waals surface area contributed by atoms with Crippen LogP contribution in [0.15, 0.2) is 47.7 Å². The highest BCUT2D eigenvalue weighted by atomic mass is 19.2. The molecular formula is C21H26F2O. The van der Waals surface area contributed by atoms with Gasteiger partial charge in [0.05, 0.1) is 0 Å². The van der Waals surface area contributed by atoms with Gasteiger partial charge in [-0.2, -0.15) is 0 Å². The molecule has 2 aliphatic rings. The Morgan fingerprint density at radius 3 is 2.29 bits per heavy atom. The van der Waals surface area contributed by atoms with Crippen LogP contribution in [0.2, 0.25) is 0 Å². The van der Waals surface area contributed by atoms with E-state index in [2.05, 4.69) is 19.1 Å². The summed E-state index contributed by atoms with van der Waals surface area (Å²) in [5.74, 6) is 1.59. The first kappa shape index (κ1) is 17.2. The van der Waals surface area contributed by atoms with Crippen molar-refractivity contribution in [2.45, 2.75) is 64.4 Å². The van der Waals surface area contributed by atoms with Gasteiger partial charge in [0.1, 0.15) is 12.4 Å². The SMILES string of the molecule is CC1=CC=C(OCc2ccc(C3CCC(C)CC3)cc2)C(F)C1F. The highest BCUT2D eigenvalue weighted by Gasteiger charge is 2.29. The third-order valence-electron chi connectivity index (χ3n) is 5.35. The maximum atomic E-state index is 13.9. The molecule has 0 N–H and O–H groups in total. The number of halogens is 2. The largest absolute Gasteiger partial charge is 0.490 e. The van der Waals surface area contributed by atoms with E-state index in [1.807, 2.05) is 12.1 Å². The highest BCUT2D eigenvalue weighted by molar-refractivity contribution is 5.29. The third kappa shape index (κ3) is 3.88. The maximum absolute atomic E-state index is 13.9. The zero-order valence-electron chi connectivity index (χ0n) is 14.5. The van der Waals surface area contributed by atoms with Crippen molar-refractivity contribution < 1.29 is 13.5 Å². The van der Waals surface area contributed by atoms with Gasteiger partial charge in [-0.05, 0) is 54.4 Å². The molecule has 0 spiro atoms. The van der Waals surface area contributed by atoms with Crippen molar-refractivity contribution in [3.8, 4) is 0 Å². The van der Waals surface area contributed by atoms with Crippen molar-refractivity contribution in [2.24, 2.45) is 5.92 Å². The van der Waals surface area contributed by atoms with Crippen LogP contribution in [0.25, 0.3) is 0 Å². The Morgan fingerprint density at radius 2 is 1.62 bits per heavy atom. The molecule has 0 aromatic heterocycles. The molecule has 0 radical (unpaired) electrons. The minimum Gasteiger partial charge on any atom is -0.490 e. The van der Waals surface area contributed by atoms with Crippen LogP contribution in [0.3, 0.4) is 0 Å². The van der Waals surface area contributed by atoms with E-state index in [9.17, 15) is 8.78 Å². The van der Waals surface area contributed by atoms with E-state index < -0.39 is 12.3 Å². The van der Waals surface area contributed by atoms with Crippen LogP contribution in [-0.2, 0) is 11.3 Å². The average Bonchev–Trinajstić information content (AvgIpc) is 2.60. The predicted molar refractivity (Wildman–Crippen MR) is 93.2 cm³/mol. The van der Waals surface area contributed by atoms with Gasteiger partial charge in [0, 0.05) is 0 Å². The third-order valence-corrected chi connectivity index (χ3v) is 5.35. The summed E-state index contributed by atoms with van der Waals surface area (Å²) in [5.41, 5.74) is 2.77. The minimum absolute atomic E-state index is 0.0819. The number of alkyl halides is 2. The lowest BCUT2D eigenvalue weighted by Gasteiger charge is -2.26. The summed E-state index contributed by atoms with van der Waals surface area (Å²) in [6.07, 6.45) is 4.96. The first-order chi connectivity index (χ1) is 11.5. The number of hydrogen-bond acceptors (Lipinski definition) is 1. The summed E-state index contributed by atoms with van der Waals surface area (Å²) in [6, 6.07) is 8.39. The molecule has 3 heteroatoms. The van der Waals surface area contributed by atoms with Gasteiger partial charge in [-0.3, -0.25) is 0 Å². The molecule has 1 nitrogen and oxygen atoms in total. The van der Waals surface area contributed by atoms with Crippen LogP contribution in [0.1, 0.15) is 56.6 Å². The van der Waals surface area contributed by atoms with Crippen LogP contribution in [-0.4, -0.2) is 12.3 Å². The van der Waals surface area contributed by atoms with Gasteiger partial charge in [-0.1, -0.05) is 50.1 Å². The van der Waals surface area contributed by atoms with Crippen LogP contribution in [0, 0.1) is 5.92 Å². The maximum Gasteiger partial charge on any atom is 0.192 e. The first-order valence-electron chi connectivity index (χ1n) is 8.92. The van der Waals surface area contributed by atoms with Crippen LogP contribution in [0.4, 0.5) is 8.78 Å². The molecule has 3 rings (SSSR count). The molecule has 130 valence electrons. The van der Waals surface area contributed by atoms with E-state index in [0.717, 1.165) is 11.5 Å². The lowest BCUT2D eigenvalue weighted by Crippen LogP contribution is -2.24. The van der Waals surface area contributed by atoms with Crippen molar-refractivity contribution in [3.05, 3.63) is 58.9 Å². The van der Waals surface area contributed by atoms with E-state index in [0.29, 0.717) is 11.5 Å². The zero-order chi connectivity index (χ0) is 17.1. The lowest BCUT2D eigenvalue weighted by molar-refractivity contribution is 0.105. The molecule has 1 fully saturated rings. The molecule has 2 atom stereocenters. The zero-order valence-corrected chi connectivity index (χ0v) is 14.5. The quantitative estimate of drug-likeness (QED) is 0.655. The normalized spacial score (nSPS) is 30.5. The second-order valence-electron chi connectivity index (χ2n) is 7.27. The monoisotopic (exact) mass is 332 g/mol. The van der Waals surface area contributed by atoms with Crippen molar-refractivity contribution in [1.29, 1.82) is 0 Å². The summed E-state index contributed by atoms with van der Waals surface area (Å²) in [5, 5.41) is 0. The number of ether oxygens (including phenoxy) is 1. The summed E-state index contributed by atoms with van der Waals surface area (Å²) < 4.78 is 33.1. The first-order valence-corrected chi connectivity index (χ1v) is 8.92. The lowest BCUT2D eigenvalue weighted by atomic mass is 9.79. The molecule has 2 aliphatic carbocycles. The Bertz CT molecular complexity index is 609. The number of benzene rings is 1. The molecule has 0 saturated heterocycles. The summed E-state index contributed by atoms with van der Waals surface area (Å²) in [7, 11) is 0. The molecule has 0 heterocycles. The molecule has 0 bridgehead atoms. The second kappa shape index (κ2) is 7.50. The van der Waals surface area contributed by atoms with E-state index >= 15 is 0 Å². The van der Waals surface area contributed by atoms with Gasteiger partial charge in [-0.15, -0.1) is 0 Å². The number of allylic oxidation sites excluding steroid dienone is 4. The Morgan fingerprint density at radius 1 is 0.958 bits per heavy atom. The molecular weight excluding hydrogens is 306 g/mol. The Labute approximate surface area is 143 Å². The molecule has 1 saturated carbocycles. The molecule has 0 aliphatic heterocycles. The molecule has 24 heavy (non-hydrogen) atoms. The van der Waals surface area contributed by atoms with Gasteiger partial charge in [-0.25, -0.2) is 8.78 Å². The number of hydrogen-bond donors (Lipinski definition) is 0. The fraction of sp³-hybridized carbons (Fsp3) is 0.524. The molecule has 0 amide bonds. The minimum atomic E-state index is -1.70. The van der Waals surface area contributed by atoms with E-state index in [4.69, 9.17) is 4.74 Å². The van der Waals surface area contributed by atoms with Crippen molar-refractivity contribution in [2.75, 3.05) is 0 Å². The Balaban J connectivity index is 1.57. The van der Waals surface area contributed by atoms with Gasteiger partial charge in [0.2, 0.25) is 0 Å². The fourth-order valence-electron chi connectivity index (χ4n) is 3.55. The standard InChI is InChI=1S/C21H26F2O/c1-14-3-8-17(9-4-14)18-10-6-16(7-11-18)13-24-19-12-5-15(2)20(22)21(19)23/h5-7,10-12,14,17,20-21H,3-4,8-9,13H2,1-2H3. The summed E-state index contributed by atoms with van der Waals surface area (Å²) >= 11 is 0. The van der Waals surface area contributed by atoms with Crippen LogP contribution < -0.4 is 0 Å². The van der Waals surface area contributed by atoms with Crippen LogP contribution in [0.5, 0.6) is 0 Å². The molecule has 2 unspecified atom stereocenters. The molecule has 1 aromatic rings. The van der Waals surface area contributed by atoms with Crippen molar-refractivity contribution >= 4 is 0 Å². The number of rotatable bonds is 4. The Hall–Kier alpha value is -1.64. The van der Waals surface area contributed by atoms with Gasteiger partial charge in [0.15, 0.2) is 12.3 Å². The average molecular weight is 332 g/mol. The Kier molecular flexibility index (Phi) is 5.37. The fourth-order valence-corrected chi connectivity index (χ4v) is 3.55. The van der Waals surface area contributed by atoms with E-state index in [1.54, 1.807) is 13.0 Å². The smallest absolute Gasteiger partial charge is 0.192 e. The van der Waals surface area contributed by atoms with Gasteiger partial charge >= 0.3 is 0 Å². The van der Waals surface area contributed by atoms with Gasteiger partial charge in [0.25, 0.3) is 0 Å². The predicted octanol–water partition coefficient (Wildman–Crippen LogP) is 6.02. The van der Waals surface area contributed by atoms with Crippen LogP contribution >= 0.6 is 0 Å². The highest BCUT2D eigenvalue weighted by Crippen LogP contribution is 2.35. The topological polar surface area (TPSA) is 9.23 Å². The van der Waals surface area contributed by atoms with Crippen molar-refractivity contribution in [3.63, 3.8) is 0 Å². The second-order valence-corrected chi connectivity index (χ2v) is 7.27. The van der Waals surface area contributed by atoms with Crippen molar-refractivity contribution in [1.82, 2.24) is 0 Å².